The van der Waals surface area contributed by atoms with Crippen LogP contribution in [0.3, 0.4) is 0 Å². The molecule has 1 saturated carbocycles. The first-order chi connectivity index (χ1) is 9.97. The zero-order valence-electron chi connectivity index (χ0n) is 12.5. The summed E-state index contributed by atoms with van der Waals surface area (Å²) in [6.07, 6.45) is 2.05. The maximum atomic E-state index is 12.3. The highest BCUT2D eigenvalue weighted by Gasteiger charge is 2.37. The Hall–Kier alpha value is -1.88. The van der Waals surface area contributed by atoms with Gasteiger partial charge < -0.3 is 15.3 Å². The third-order valence-electron chi connectivity index (χ3n) is 3.86. The molecule has 1 aromatic rings. The Morgan fingerprint density at radius 3 is 2.67 bits per heavy atom. The van der Waals surface area contributed by atoms with Crippen LogP contribution in [-0.2, 0) is 16.1 Å². The predicted octanol–water partition coefficient (Wildman–Crippen LogP) is 2.19. The Labute approximate surface area is 125 Å². The van der Waals surface area contributed by atoms with Gasteiger partial charge in [0.05, 0.1) is 11.8 Å². The summed E-state index contributed by atoms with van der Waals surface area (Å²) in [5, 5.41) is 12.0. The fraction of sp³-hybridized carbons (Fsp3) is 0.500. The minimum Gasteiger partial charge on any atom is -0.481 e. The molecule has 0 bridgehead atoms. The molecular weight excluding hydrogens is 268 g/mol. The number of anilines is 1. The second-order valence-electron chi connectivity index (χ2n) is 5.91. The number of hydrogen-bond donors (Lipinski definition) is 2. The van der Waals surface area contributed by atoms with Gasteiger partial charge in [-0.2, -0.15) is 0 Å². The number of carboxylic acid groups (broad SMARTS) is 1. The molecule has 2 N–H and O–H groups in total. The van der Waals surface area contributed by atoms with Crippen molar-refractivity contribution >= 4 is 17.6 Å². The van der Waals surface area contributed by atoms with Gasteiger partial charge in [0.25, 0.3) is 0 Å². The van der Waals surface area contributed by atoms with Gasteiger partial charge in [0.15, 0.2) is 0 Å². The third kappa shape index (κ3) is 4.04. The Bertz CT molecular complexity index is 528. The molecule has 1 aliphatic rings. The summed E-state index contributed by atoms with van der Waals surface area (Å²) >= 11 is 0. The zero-order valence-corrected chi connectivity index (χ0v) is 12.5. The van der Waals surface area contributed by atoms with Crippen LogP contribution in [0.2, 0.25) is 0 Å². The number of carboxylic acids is 1. The molecule has 21 heavy (non-hydrogen) atoms. The average molecular weight is 290 g/mol. The van der Waals surface area contributed by atoms with Crippen molar-refractivity contribution in [1.82, 2.24) is 4.90 Å². The van der Waals surface area contributed by atoms with Crippen LogP contribution in [0.4, 0.5) is 5.69 Å². The molecule has 0 saturated heterocycles. The lowest BCUT2D eigenvalue weighted by Gasteiger charge is -2.16. The van der Waals surface area contributed by atoms with E-state index in [1.165, 1.54) is 0 Å². The van der Waals surface area contributed by atoms with Crippen LogP contribution in [-0.4, -0.2) is 36.0 Å². The molecular formula is C16H22N2O3. The van der Waals surface area contributed by atoms with Crippen LogP contribution in [0.1, 0.15) is 24.8 Å². The number of amides is 1. The Kier molecular flexibility index (Phi) is 4.96. The normalized spacial score (nSPS) is 21.5. The lowest BCUT2D eigenvalue weighted by molar-refractivity contribution is -0.145. The van der Waals surface area contributed by atoms with Gasteiger partial charge in [0, 0.05) is 12.2 Å². The van der Waals surface area contributed by atoms with E-state index >= 15 is 0 Å². The fourth-order valence-electron chi connectivity index (χ4n) is 2.92. The van der Waals surface area contributed by atoms with Gasteiger partial charge >= 0.3 is 5.97 Å². The van der Waals surface area contributed by atoms with E-state index in [-0.39, 0.29) is 5.91 Å². The molecule has 2 atom stereocenters. The highest BCUT2D eigenvalue weighted by Crippen LogP contribution is 2.32. The first kappa shape index (κ1) is 15.5. The number of benzene rings is 1. The monoisotopic (exact) mass is 290 g/mol. The lowest BCUT2D eigenvalue weighted by Crippen LogP contribution is -2.30. The fourth-order valence-corrected chi connectivity index (χ4v) is 2.92. The van der Waals surface area contributed by atoms with Crippen molar-refractivity contribution in [2.45, 2.75) is 25.8 Å². The minimum atomic E-state index is -0.867. The van der Waals surface area contributed by atoms with E-state index in [1.54, 1.807) is 0 Å². The molecule has 0 aromatic heterocycles. The van der Waals surface area contributed by atoms with Crippen molar-refractivity contribution in [3.8, 4) is 0 Å². The van der Waals surface area contributed by atoms with Crippen LogP contribution < -0.4 is 5.32 Å². The quantitative estimate of drug-likeness (QED) is 0.872. The summed E-state index contributed by atoms with van der Waals surface area (Å²) in [5.74, 6) is -2.01. The van der Waals surface area contributed by atoms with E-state index in [0.29, 0.717) is 12.8 Å². The number of hydrogen-bond acceptors (Lipinski definition) is 3. The maximum absolute atomic E-state index is 12.3. The van der Waals surface area contributed by atoms with Crippen molar-refractivity contribution in [3.63, 3.8) is 0 Å². The smallest absolute Gasteiger partial charge is 0.307 e. The molecule has 1 aromatic carbocycles. The molecule has 0 unspecified atom stereocenters. The summed E-state index contributed by atoms with van der Waals surface area (Å²) in [6, 6.07) is 7.67. The lowest BCUT2D eigenvalue weighted by atomic mass is 9.95. The van der Waals surface area contributed by atoms with Crippen molar-refractivity contribution in [3.05, 3.63) is 29.8 Å². The molecule has 0 spiro atoms. The summed E-state index contributed by atoms with van der Waals surface area (Å²) in [6.45, 7) is 0.797. The van der Waals surface area contributed by atoms with Crippen LogP contribution in [0.15, 0.2) is 24.3 Å². The van der Waals surface area contributed by atoms with E-state index in [4.69, 9.17) is 5.11 Å². The summed E-state index contributed by atoms with van der Waals surface area (Å²) < 4.78 is 0. The minimum absolute atomic E-state index is 0.179. The summed E-state index contributed by atoms with van der Waals surface area (Å²) in [5.41, 5.74) is 1.84. The number of carbonyl (C=O) groups excluding carboxylic acids is 1. The molecule has 1 aliphatic carbocycles. The topological polar surface area (TPSA) is 69.6 Å². The van der Waals surface area contributed by atoms with Crippen molar-refractivity contribution in [2.24, 2.45) is 11.8 Å². The Morgan fingerprint density at radius 1 is 1.29 bits per heavy atom. The molecule has 0 aliphatic heterocycles. The number of aliphatic carboxylic acids is 1. The van der Waals surface area contributed by atoms with Crippen LogP contribution in [0.5, 0.6) is 0 Å². The standard InChI is InChI=1S/C16H22N2O3/c1-18(2)10-11-5-3-6-12(9-11)17-15(19)13-7-4-8-14(13)16(20)21/h3,5-6,9,13-14H,4,7-8,10H2,1-2H3,(H,17,19)(H,20,21)/t13-,14+/m1/s1. The molecule has 5 heteroatoms. The van der Waals surface area contributed by atoms with E-state index in [1.807, 2.05) is 38.4 Å². The molecule has 2 rings (SSSR count). The third-order valence-corrected chi connectivity index (χ3v) is 3.86. The summed E-state index contributed by atoms with van der Waals surface area (Å²) in [7, 11) is 3.97. The van der Waals surface area contributed by atoms with E-state index in [0.717, 1.165) is 24.2 Å². The van der Waals surface area contributed by atoms with Gasteiger partial charge in [0.2, 0.25) is 5.91 Å². The molecule has 1 amide bonds. The van der Waals surface area contributed by atoms with Crippen LogP contribution in [0, 0.1) is 11.8 Å². The first-order valence-corrected chi connectivity index (χ1v) is 7.24. The first-order valence-electron chi connectivity index (χ1n) is 7.24. The van der Waals surface area contributed by atoms with Gasteiger partial charge in [0.1, 0.15) is 0 Å². The zero-order chi connectivity index (χ0) is 15.4. The van der Waals surface area contributed by atoms with E-state index < -0.39 is 17.8 Å². The second-order valence-corrected chi connectivity index (χ2v) is 5.91. The molecule has 114 valence electrons. The summed E-state index contributed by atoms with van der Waals surface area (Å²) in [4.78, 5) is 25.5. The molecule has 1 fully saturated rings. The molecule has 0 radical (unpaired) electrons. The maximum Gasteiger partial charge on any atom is 0.307 e. The van der Waals surface area contributed by atoms with E-state index in [9.17, 15) is 9.59 Å². The largest absolute Gasteiger partial charge is 0.481 e. The Morgan fingerprint density at radius 2 is 2.00 bits per heavy atom. The molecule has 5 nitrogen and oxygen atoms in total. The van der Waals surface area contributed by atoms with Gasteiger partial charge in [-0.05, 0) is 44.6 Å². The number of rotatable bonds is 5. The Balaban J connectivity index is 2.04. The molecule has 0 heterocycles. The van der Waals surface area contributed by atoms with Gasteiger partial charge in [-0.1, -0.05) is 18.6 Å². The van der Waals surface area contributed by atoms with E-state index in [2.05, 4.69) is 10.2 Å². The predicted molar refractivity (Wildman–Crippen MR) is 80.9 cm³/mol. The van der Waals surface area contributed by atoms with Crippen molar-refractivity contribution < 1.29 is 14.7 Å². The van der Waals surface area contributed by atoms with Crippen LogP contribution >= 0.6 is 0 Å². The number of nitrogens with one attached hydrogen (secondary N) is 1. The van der Waals surface area contributed by atoms with Gasteiger partial charge in [-0.25, -0.2) is 0 Å². The average Bonchev–Trinajstić information content (AvgIpc) is 2.87. The SMILES string of the molecule is CN(C)Cc1cccc(NC(=O)[C@@H]2CCC[C@@H]2C(=O)O)c1. The number of carbonyl (C=O) groups is 2. The van der Waals surface area contributed by atoms with Crippen molar-refractivity contribution in [1.29, 1.82) is 0 Å². The highest BCUT2D eigenvalue weighted by atomic mass is 16.4. The van der Waals surface area contributed by atoms with Crippen molar-refractivity contribution in [2.75, 3.05) is 19.4 Å². The second kappa shape index (κ2) is 6.72. The van der Waals surface area contributed by atoms with Crippen LogP contribution in [0.25, 0.3) is 0 Å². The number of nitrogens with zero attached hydrogens (tertiary/aromatic N) is 1. The highest BCUT2D eigenvalue weighted by molar-refractivity contribution is 5.95. The van der Waals surface area contributed by atoms with Gasteiger partial charge in [-0.3, -0.25) is 9.59 Å². The van der Waals surface area contributed by atoms with Gasteiger partial charge in [-0.15, -0.1) is 0 Å².